The molecule has 17 heavy (non-hydrogen) atoms. The summed E-state index contributed by atoms with van der Waals surface area (Å²) in [6, 6.07) is 3.49. The van der Waals surface area contributed by atoms with Crippen molar-refractivity contribution in [2.24, 2.45) is 0 Å². The molecule has 1 aromatic rings. The molecule has 0 aromatic carbocycles. The Morgan fingerprint density at radius 1 is 1.41 bits per heavy atom. The van der Waals surface area contributed by atoms with Gasteiger partial charge >= 0.3 is 5.97 Å². The van der Waals surface area contributed by atoms with Gasteiger partial charge < -0.3 is 14.6 Å². The molecule has 0 saturated heterocycles. The summed E-state index contributed by atoms with van der Waals surface area (Å²) in [5.74, 6) is -0.368. The van der Waals surface area contributed by atoms with Crippen molar-refractivity contribution >= 4 is 11.9 Å². The number of nitrogens with zero attached hydrogens (tertiary/aromatic N) is 1. The quantitative estimate of drug-likeness (QED) is 0.762. The first kappa shape index (κ1) is 13.3. The molecule has 1 N–H and O–H groups in total. The van der Waals surface area contributed by atoms with Crippen LogP contribution >= 0.6 is 0 Å². The first-order chi connectivity index (χ1) is 8.19. The third kappa shape index (κ3) is 3.94. The molecule has 1 aromatic heterocycles. The molecule has 0 bridgehead atoms. The van der Waals surface area contributed by atoms with Crippen LogP contribution in [-0.2, 0) is 9.53 Å². The zero-order valence-corrected chi connectivity index (χ0v) is 10.2. The minimum absolute atomic E-state index is 0.0956. The molecule has 0 atom stereocenters. The van der Waals surface area contributed by atoms with E-state index in [0.717, 1.165) is 0 Å². The molecule has 0 fully saturated rings. The Kier molecular flexibility index (Phi) is 5.26. The Balaban J connectivity index is 2.49. The van der Waals surface area contributed by atoms with E-state index in [9.17, 15) is 9.59 Å². The minimum Gasteiger partial charge on any atom is -0.466 e. The highest BCUT2D eigenvalue weighted by atomic mass is 16.5. The van der Waals surface area contributed by atoms with Gasteiger partial charge in [0.15, 0.2) is 0 Å². The number of esters is 1. The first-order valence-electron chi connectivity index (χ1n) is 5.77. The van der Waals surface area contributed by atoms with Crippen molar-refractivity contribution in [1.29, 1.82) is 0 Å². The maximum Gasteiger partial charge on any atom is 0.307 e. The van der Waals surface area contributed by atoms with Gasteiger partial charge in [-0.3, -0.25) is 9.59 Å². The molecular formula is C12H18N2O3. The molecule has 0 unspecified atom stereocenters. The molecular weight excluding hydrogens is 220 g/mol. The van der Waals surface area contributed by atoms with Gasteiger partial charge in [0.2, 0.25) is 0 Å². The van der Waals surface area contributed by atoms with E-state index in [4.69, 9.17) is 4.74 Å². The molecule has 5 heteroatoms. The number of carbonyl (C=O) groups is 2. The summed E-state index contributed by atoms with van der Waals surface area (Å²) in [7, 11) is 0. The van der Waals surface area contributed by atoms with E-state index in [1.807, 2.05) is 6.92 Å². The van der Waals surface area contributed by atoms with Gasteiger partial charge in [-0.1, -0.05) is 0 Å². The molecule has 1 heterocycles. The lowest BCUT2D eigenvalue weighted by molar-refractivity contribution is -0.143. The number of carbonyl (C=O) groups excluding carboxylic acids is 2. The highest BCUT2D eigenvalue weighted by molar-refractivity contribution is 5.92. The topological polar surface area (TPSA) is 62.4 Å². The number of hydrogen-bond donors (Lipinski definition) is 1. The number of hydrogen-bond acceptors (Lipinski definition) is 3. The average molecular weight is 238 g/mol. The lowest BCUT2D eigenvalue weighted by atomic mass is 10.3. The van der Waals surface area contributed by atoms with E-state index < -0.39 is 0 Å². The number of amides is 1. The van der Waals surface area contributed by atoms with Crippen LogP contribution in [0.15, 0.2) is 18.3 Å². The van der Waals surface area contributed by atoms with E-state index >= 15 is 0 Å². The van der Waals surface area contributed by atoms with Crippen LogP contribution in [0, 0.1) is 0 Å². The van der Waals surface area contributed by atoms with Crippen molar-refractivity contribution in [3.05, 3.63) is 24.0 Å². The first-order valence-corrected chi connectivity index (χ1v) is 5.77. The summed E-state index contributed by atoms with van der Waals surface area (Å²) < 4.78 is 4.82. The molecule has 0 saturated carbocycles. The Morgan fingerprint density at radius 3 is 2.71 bits per heavy atom. The van der Waals surface area contributed by atoms with Crippen LogP contribution in [0.25, 0.3) is 0 Å². The molecule has 1 rings (SSSR count). The van der Waals surface area contributed by atoms with Gasteiger partial charge in [-0.25, -0.2) is 0 Å². The van der Waals surface area contributed by atoms with Crippen LogP contribution in [0.5, 0.6) is 0 Å². The SMILES string of the molecule is CCOC(=O)CCN(CC)C(=O)c1ccc[nH]1. The predicted molar refractivity (Wildman–Crippen MR) is 63.6 cm³/mol. The molecule has 0 aliphatic rings. The van der Waals surface area contributed by atoms with E-state index in [2.05, 4.69) is 4.98 Å². The van der Waals surface area contributed by atoms with Crippen LogP contribution in [0.4, 0.5) is 0 Å². The van der Waals surface area contributed by atoms with Crippen molar-refractivity contribution in [3.63, 3.8) is 0 Å². The maximum absolute atomic E-state index is 11.9. The van der Waals surface area contributed by atoms with Gasteiger partial charge in [0.25, 0.3) is 5.91 Å². The summed E-state index contributed by atoms with van der Waals surface area (Å²) in [4.78, 5) is 27.6. The molecule has 1 amide bonds. The van der Waals surface area contributed by atoms with Crippen molar-refractivity contribution in [2.75, 3.05) is 19.7 Å². The third-order valence-corrected chi connectivity index (χ3v) is 2.39. The summed E-state index contributed by atoms with van der Waals surface area (Å²) in [6.45, 7) is 4.96. The van der Waals surface area contributed by atoms with Crippen LogP contribution in [0.2, 0.25) is 0 Å². The molecule has 5 nitrogen and oxygen atoms in total. The second-order valence-corrected chi connectivity index (χ2v) is 3.52. The van der Waals surface area contributed by atoms with E-state index in [0.29, 0.717) is 25.4 Å². The van der Waals surface area contributed by atoms with Gasteiger partial charge in [0.1, 0.15) is 5.69 Å². The van der Waals surface area contributed by atoms with Crippen LogP contribution in [-0.4, -0.2) is 41.5 Å². The van der Waals surface area contributed by atoms with E-state index in [1.165, 1.54) is 0 Å². The number of aromatic amines is 1. The van der Waals surface area contributed by atoms with Gasteiger partial charge in [-0.2, -0.15) is 0 Å². The summed E-state index contributed by atoms with van der Waals surface area (Å²) in [5.41, 5.74) is 0.538. The number of H-pyrrole nitrogens is 1. The maximum atomic E-state index is 11.9. The van der Waals surface area contributed by atoms with E-state index in [-0.39, 0.29) is 18.3 Å². The smallest absolute Gasteiger partial charge is 0.307 e. The lowest BCUT2D eigenvalue weighted by Crippen LogP contribution is -2.33. The number of aromatic nitrogens is 1. The Hall–Kier alpha value is -1.78. The molecule has 94 valence electrons. The van der Waals surface area contributed by atoms with Crippen LogP contribution in [0.1, 0.15) is 30.8 Å². The summed E-state index contributed by atoms with van der Waals surface area (Å²) in [6.07, 6.45) is 1.93. The third-order valence-electron chi connectivity index (χ3n) is 2.39. The minimum atomic E-state index is -0.273. The fourth-order valence-corrected chi connectivity index (χ4v) is 1.50. The Bertz CT molecular complexity index is 360. The number of nitrogens with one attached hydrogen (secondary N) is 1. The van der Waals surface area contributed by atoms with Gasteiger partial charge in [0.05, 0.1) is 13.0 Å². The molecule has 0 radical (unpaired) electrons. The Morgan fingerprint density at radius 2 is 2.18 bits per heavy atom. The van der Waals surface area contributed by atoms with Gasteiger partial charge in [-0.05, 0) is 26.0 Å². The lowest BCUT2D eigenvalue weighted by Gasteiger charge is -2.19. The number of rotatable bonds is 6. The van der Waals surface area contributed by atoms with Crippen LogP contribution in [0.3, 0.4) is 0 Å². The predicted octanol–water partition coefficient (Wildman–Crippen LogP) is 1.43. The second-order valence-electron chi connectivity index (χ2n) is 3.52. The van der Waals surface area contributed by atoms with Crippen molar-refractivity contribution < 1.29 is 14.3 Å². The standard InChI is InChI=1S/C12H18N2O3/c1-3-14(9-7-11(15)17-4-2)12(16)10-6-5-8-13-10/h5-6,8,13H,3-4,7,9H2,1-2H3. The average Bonchev–Trinajstić information content (AvgIpc) is 2.83. The largest absolute Gasteiger partial charge is 0.466 e. The van der Waals surface area contributed by atoms with Crippen molar-refractivity contribution in [2.45, 2.75) is 20.3 Å². The fourth-order valence-electron chi connectivity index (χ4n) is 1.50. The molecule has 0 aliphatic carbocycles. The van der Waals surface area contributed by atoms with E-state index in [1.54, 1.807) is 30.2 Å². The zero-order valence-electron chi connectivity index (χ0n) is 10.2. The summed E-state index contributed by atoms with van der Waals surface area (Å²) in [5, 5.41) is 0. The normalized spacial score (nSPS) is 10.0. The van der Waals surface area contributed by atoms with Crippen LogP contribution < -0.4 is 0 Å². The van der Waals surface area contributed by atoms with Crippen molar-refractivity contribution in [3.8, 4) is 0 Å². The fraction of sp³-hybridized carbons (Fsp3) is 0.500. The monoisotopic (exact) mass is 238 g/mol. The van der Waals surface area contributed by atoms with Crippen molar-refractivity contribution in [1.82, 2.24) is 9.88 Å². The molecule has 0 aliphatic heterocycles. The molecule has 0 spiro atoms. The Labute approximate surface area is 101 Å². The van der Waals surface area contributed by atoms with Gasteiger partial charge in [0, 0.05) is 19.3 Å². The summed E-state index contributed by atoms with van der Waals surface area (Å²) >= 11 is 0. The zero-order chi connectivity index (χ0) is 12.7. The highest BCUT2D eigenvalue weighted by Crippen LogP contribution is 2.03. The second kappa shape index (κ2) is 6.73. The highest BCUT2D eigenvalue weighted by Gasteiger charge is 2.15. The number of ether oxygens (including phenoxy) is 1. The van der Waals surface area contributed by atoms with Gasteiger partial charge in [-0.15, -0.1) is 0 Å².